The van der Waals surface area contributed by atoms with Gasteiger partial charge in [-0.15, -0.1) is 0 Å². The lowest BCUT2D eigenvalue weighted by molar-refractivity contribution is 0.229. The summed E-state index contributed by atoms with van der Waals surface area (Å²) in [5, 5.41) is 3.68. The number of rotatable bonds is 5. The van der Waals surface area contributed by atoms with Gasteiger partial charge in [-0.1, -0.05) is 34.5 Å². The van der Waals surface area contributed by atoms with E-state index in [2.05, 4.69) is 55.5 Å². The Morgan fingerprint density at radius 1 is 1.19 bits per heavy atom. The quantitative estimate of drug-likeness (QED) is 0.883. The number of nitrogens with zero attached hydrogens (tertiary/aromatic N) is 2. The molecule has 1 atom stereocenters. The zero-order valence-corrected chi connectivity index (χ0v) is 13.8. The molecule has 1 unspecified atom stereocenters. The second-order valence-electron chi connectivity index (χ2n) is 5.75. The molecule has 21 heavy (non-hydrogen) atoms. The van der Waals surface area contributed by atoms with Crippen LogP contribution in [0.3, 0.4) is 0 Å². The Hall–Kier alpha value is -1.26. The molecule has 2 aromatic rings. The van der Waals surface area contributed by atoms with Gasteiger partial charge in [0.15, 0.2) is 0 Å². The zero-order chi connectivity index (χ0) is 14.7. The van der Waals surface area contributed by atoms with Crippen LogP contribution in [-0.2, 0) is 6.54 Å². The smallest absolute Gasteiger partial charge is 0.0724 e. The Bertz CT molecular complexity index is 576. The molecule has 3 rings (SSSR count). The van der Waals surface area contributed by atoms with Crippen LogP contribution < -0.4 is 5.32 Å². The minimum absolute atomic E-state index is 0.412. The molecule has 3 nitrogen and oxygen atoms in total. The van der Waals surface area contributed by atoms with Crippen LogP contribution in [0.1, 0.15) is 42.3 Å². The average Bonchev–Trinajstić information content (AvgIpc) is 2.44. The number of halogens is 1. The van der Waals surface area contributed by atoms with Crippen molar-refractivity contribution in [1.29, 1.82) is 0 Å². The van der Waals surface area contributed by atoms with Gasteiger partial charge in [-0.05, 0) is 43.4 Å². The molecule has 1 aromatic heterocycles. The molecule has 1 aliphatic rings. The zero-order valence-electron chi connectivity index (χ0n) is 12.2. The Morgan fingerprint density at radius 3 is 2.52 bits per heavy atom. The van der Waals surface area contributed by atoms with E-state index in [-0.39, 0.29) is 0 Å². The first-order valence-electron chi connectivity index (χ1n) is 7.49. The second-order valence-corrected chi connectivity index (χ2v) is 6.67. The van der Waals surface area contributed by atoms with Crippen LogP contribution in [0.15, 0.2) is 41.1 Å². The van der Waals surface area contributed by atoms with Crippen LogP contribution in [0.25, 0.3) is 0 Å². The van der Waals surface area contributed by atoms with Crippen molar-refractivity contribution in [2.45, 2.75) is 38.8 Å². The third kappa shape index (κ3) is 3.69. The Balaban J connectivity index is 1.70. The van der Waals surface area contributed by atoms with Gasteiger partial charge in [-0.25, -0.2) is 0 Å². The summed E-state index contributed by atoms with van der Waals surface area (Å²) in [5.41, 5.74) is 3.33. The van der Waals surface area contributed by atoms with Crippen molar-refractivity contribution in [3.63, 3.8) is 0 Å². The average molecular weight is 346 g/mol. The van der Waals surface area contributed by atoms with E-state index in [4.69, 9.17) is 0 Å². The molecule has 1 fully saturated rings. The third-order valence-corrected chi connectivity index (χ3v) is 4.72. The molecule has 0 aliphatic heterocycles. The highest BCUT2D eigenvalue weighted by molar-refractivity contribution is 9.10. The maximum atomic E-state index is 4.43. The van der Waals surface area contributed by atoms with Crippen molar-refractivity contribution >= 4 is 15.9 Å². The van der Waals surface area contributed by atoms with E-state index in [0.717, 1.165) is 28.3 Å². The van der Waals surface area contributed by atoms with Crippen molar-refractivity contribution in [3.8, 4) is 0 Å². The summed E-state index contributed by atoms with van der Waals surface area (Å²) in [6.07, 6.45) is 7.67. The van der Waals surface area contributed by atoms with Crippen LogP contribution >= 0.6 is 15.9 Å². The molecule has 1 aliphatic carbocycles. The lowest BCUT2D eigenvalue weighted by atomic mass is 9.77. The van der Waals surface area contributed by atoms with Gasteiger partial charge in [0.25, 0.3) is 0 Å². The van der Waals surface area contributed by atoms with Gasteiger partial charge >= 0.3 is 0 Å². The SMILES string of the molecule is Cc1cnc(CNC(c2ccc(Br)cc2)C2CCC2)cn1. The molecular weight excluding hydrogens is 326 g/mol. The fourth-order valence-corrected chi connectivity index (χ4v) is 2.99. The Labute approximate surface area is 134 Å². The van der Waals surface area contributed by atoms with Crippen molar-refractivity contribution in [2.24, 2.45) is 5.92 Å². The molecule has 0 radical (unpaired) electrons. The minimum atomic E-state index is 0.412. The normalized spacial score (nSPS) is 16.5. The van der Waals surface area contributed by atoms with E-state index in [0.29, 0.717) is 6.04 Å². The highest BCUT2D eigenvalue weighted by atomic mass is 79.9. The molecule has 1 heterocycles. The number of aromatic nitrogens is 2. The Morgan fingerprint density at radius 2 is 1.95 bits per heavy atom. The number of hydrogen-bond acceptors (Lipinski definition) is 3. The van der Waals surface area contributed by atoms with Gasteiger partial charge < -0.3 is 5.32 Å². The van der Waals surface area contributed by atoms with Crippen LogP contribution in [0.5, 0.6) is 0 Å². The molecular formula is C17H20BrN3. The fraction of sp³-hybridized carbons (Fsp3) is 0.412. The van der Waals surface area contributed by atoms with Crippen molar-refractivity contribution in [2.75, 3.05) is 0 Å². The van der Waals surface area contributed by atoms with Crippen molar-refractivity contribution < 1.29 is 0 Å². The third-order valence-electron chi connectivity index (χ3n) is 4.19. The topological polar surface area (TPSA) is 37.8 Å². The molecule has 0 saturated heterocycles. The summed E-state index contributed by atoms with van der Waals surface area (Å²) in [7, 11) is 0. The van der Waals surface area contributed by atoms with Crippen LogP contribution in [0.4, 0.5) is 0 Å². The van der Waals surface area contributed by atoms with Gasteiger partial charge in [0.2, 0.25) is 0 Å². The van der Waals surface area contributed by atoms with Crippen molar-refractivity contribution in [1.82, 2.24) is 15.3 Å². The predicted octanol–water partition coefficient (Wildman–Crippen LogP) is 4.18. The number of nitrogens with one attached hydrogen (secondary N) is 1. The lowest BCUT2D eigenvalue weighted by Gasteiger charge is -2.35. The monoisotopic (exact) mass is 345 g/mol. The van der Waals surface area contributed by atoms with Gasteiger partial charge in [-0.2, -0.15) is 0 Å². The van der Waals surface area contributed by atoms with Gasteiger partial charge in [0.05, 0.1) is 11.4 Å². The largest absolute Gasteiger partial charge is 0.304 e. The summed E-state index contributed by atoms with van der Waals surface area (Å²) in [6.45, 7) is 2.73. The molecule has 1 aromatic carbocycles. The van der Waals surface area contributed by atoms with E-state index in [1.165, 1.54) is 24.8 Å². The van der Waals surface area contributed by atoms with E-state index in [9.17, 15) is 0 Å². The lowest BCUT2D eigenvalue weighted by Crippen LogP contribution is -2.32. The van der Waals surface area contributed by atoms with Gasteiger partial charge in [0, 0.05) is 29.5 Å². The first-order chi connectivity index (χ1) is 10.2. The highest BCUT2D eigenvalue weighted by Gasteiger charge is 2.28. The van der Waals surface area contributed by atoms with E-state index in [1.807, 2.05) is 19.3 Å². The summed E-state index contributed by atoms with van der Waals surface area (Å²) >= 11 is 3.51. The van der Waals surface area contributed by atoms with Crippen LogP contribution in [0, 0.1) is 12.8 Å². The molecule has 1 saturated carbocycles. The summed E-state index contributed by atoms with van der Waals surface area (Å²) in [5.74, 6) is 0.740. The fourth-order valence-electron chi connectivity index (χ4n) is 2.73. The number of hydrogen-bond donors (Lipinski definition) is 1. The summed E-state index contributed by atoms with van der Waals surface area (Å²) in [6, 6.07) is 9.07. The first kappa shape index (κ1) is 14.7. The number of benzene rings is 1. The van der Waals surface area contributed by atoms with Crippen LogP contribution in [-0.4, -0.2) is 9.97 Å². The maximum Gasteiger partial charge on any atom is 0.0724 e. The standard InChI is InChI=1S/C17H20BrN3/c1-12-9-20-16(10-19-12)11-21-17(13-3-2-4-13)14-5-7-15(18)8-6-14/h5-10,13,17,21H,2-4,11H2,1H3. The van der Waals surface area contributed by atoms with E-state index >= 15 is 0 Å². The number of aryl methyl sites for hydroxylation is 1. The molecule has 0 bridgehead atoms. The van der Waals surface area contributed by atoms with Gasteiger partial charge in [0.1, 0.15) is 0 Å². The summed E-state index contributed by atoms with van der Waals surface area (Å²) in [4.78, 5) is 8.74. The van der Waals surface area contributed by atoms with Gasteiger partial charge in [-0.3, -0.25) is 9.97 Å². The second kappa shape index (κ2) is 6.67. The molecule has 0 amide bonds. The maximum absolute atomic E-state index is 4.43. The highest BCUT2D eigenvalue weighted by Crippen LogP contribution is 2.38. The molecule has 0 spiro atoms. The Kier molecular flexibility index (Phi) is 4.66. The summed E-state index contributed by atoms with van der Waals surface area (Å²) < 4.78 is 1.13. The molecule has 4 heteroatoms. The molecule has 1 N–H and O–H groups in total. The predicted molar refractivity (Wildman–Crippen MR) is 87.8 cm³/mol. The van der Waals surface area contributed by atoms with Crippen molar-refractivity contribution in [3.05, 3.63) is 58.1 Å². The van der Waals surface area contributed by atoms with Crippen LogP contribution in [0.2, 0.25) is 0 Å². The van der Waals surface area contributed by atoms with E-state index in [1.54, 1.807) is 0 Å². The molecule has 110 valence electrons. The van der Waals surface area contributed by atoms with E-state index < -0.39 is 0 Å². The minimum Gasteiger partial charge on any atom is -0.304 e. The first-order valence-corrected chi connectivity index (χ1v) is 8.28.